The molecule has 44 radical (unpaired) electrons. The van der Waals surface area contributed by atoms with Crippen molar-refractivity contribution in [2.24, 2.45) is 0 Å². The third-order valence-electron chi connectivity index (χ3n) is 11.5. The van der Waals surface area contributed by atoms with Crippen LogP contribution in [0.1, 0.15) is 0 Å². The van der Waals surface area contributed by atoms with Crippen LogP contribution < -0.4 is 120 Å². The summed E-state index contributed by atoms with van der Waals surface area (Å²) in [6.07, 6.45) is 0. The van der Waals surface area contributed by atoms with Crippen molar-refractivity contribution in [2.45, 2.75) is 0 Å². The van der Waals surface area contributed by atoms with Crippen molar-refractivity contribution >= 4 is 347 Å². The molecule has 0 fully saturated rings. The summed E-state index contributed by atoms with van der Waals surface area (Å²) < 4.78 is 6.40. The molecule has 1 nitrogen and oxygen atoms in total. The fourth-order valence-corrected chi connectivity index (χ4v) is 8.27. The van der Waals surface area contributed by atoms with Gasteiger partial charge in [0.2, 0.25) is 0 Å². The van der Waals surface area contributed by atoms with Gasteiger partial charge in [0.1, 0.15) is 184 Å². The molecular weight excluding hydrogens is 686 g/mol. The van der Waals surface area contributed by atoms with Crippen LogP contribution in [0.25, 0.3) is 76.5 Å². The smallest absolute Gasteiger partial charge is 0.141 e. The van der Waals surface area contributed by atoms with Crippen LogP contribution in [0.3, 0.4) is 0 Å². The SMILES string of the molecule is [B]c1c([B])c([B])c(-c2c3c([B])c([B])c([B])c([B])c3c(-c3c([B])c4c(oc5c([B])c([B])c([B])c([B])c54)c4c([B])c([B])c([B])c([B])c34)c3c([B])c([B])c([B])c([B])c23)c([B])c1[B]. The van der Waals surface area contributed by atoms with E-state index in [1.54, 1.807) is 0 Å². The molecule has 1 aromatic heterocycles. The Labute approximate surface area is 371 Å². The molecule has 0 bridgehead atoms. The van der Waals surface area contributed by atoms with Gasteiger partial charge in [-0.25, -0.2) is 0 Å². The second kappa shape index (κ2) is 14.0. The zero-order valence-corrected chi connectivity index (χ0v) is 31.1. The second-order valence-corrected chi connectivity index (χ2v) is 14.4. The van der Waals surface area contributed by atoms with E-state index in [9.17, 15) is 0 Å². The Hall–Kier alpha value is -3.45. The molecule has 1 heterocycles. The highest BCUT2D eigenvalue weighted by atomic mass is 16.3. The lowest BCUT2D eigenvalue weighted by Crippen LogP contribution is -2.55. The third kappa shape index (κ3) is 5.30. The van der Waals surface area contributed by atoms with Gasteiger partial charge >= 0.3 is 0 Å². The summed E-state index contributed by atoms with van der Waals surface area (Å²) in [7, 11) is 147. The molecule has 0 aliphatic heterocycles. The maximum absolute atomic E-state index is 7.35. The van der Waals surface area contributed by atoms with E-state index in [0.717, 1.165) is 0 Å². The molecule has 0 aliphatic rings. The lowest BCUT2D eigenvalue weighted by molar-refractivity contribution is 0.676. The summed E-state index contributed by atoms with van der Waals surface area (Å²) in [5.74, 6) is 0. The van der Waals surface area contributed by atoms with Crippen LogP contribution in [0.2, 0.25) is 0 Å². The van der Waals surface area contributed by atoms with Gasteiger partial charge in [0.25, 0.3) is 0 Å². The minimum absolute atomic E-state index is 0.00694. The third-order valence-corrected chi connectivity index (χ3v) is 11.5. The summed E-state index contributed by atoms with van der Waals surface area (Å²) >= 11 is 0. The van der Waals surface area contributed by atoms with Crippen molar-refractivity contribution in [1.82, 2.24) is 0 Å². The maximum atomic E-state index is 7.35. The molecule has 8 aromatic rings. The van der Waals surface area contributed by atoms with Crippen LogP contribution in [-0.2, 0) is 0 Å². The number of furan rings is 1. The zero-order chi connectivity index (χ0) is 43.5. The molecule has 0 unspecified atom stereocenters. The first-order valence-corrected chi connectivity index (χ1v) is 17.3. The number of hydrogen-bond donors (Lipinski definition) is 0. The van der Waals surface area contributed by atoms with E-state index in [0.29, 0.717) is 0 Å². The van der Waals surface area contributed by atoms with Crippen LogP contribution in [-0.4, -0.2) is 173 Å². The molecule has 0 saturated heterocycles. The quantitative estimate of drug-likeness (QED) is 0.130. The van der Waals surface area contributed by atoms with Gasteiger partial charge in [-0.05, 0) is 49.2 Å². The zero-order valence-electron chi connectivity index (χ0n) is 31.1. The van der Waals surface area contributed by atoms with Gasteiger partial charge in [0.05, 0.1) is 0 Å². The summed E-state index contributed by atoms with van der Waals surface area (Å²) in [6.45, 7) is 0. The van der Waals surface area contributed by atoms with Gasteiger partial charge in [-0.1, -0.05) is 60.1 Å². The molecule has 0 spiro atoms. The molecule has 0 amide bonds. The fourth-order valence-electron chi connectivity index (χ4n) is 8.27. The number of fused-ring (bicyclic) bond motifs is 7. The minimum Gasteiger partial charge on any atom is -0.456 e. The van der Waals surface area contributed by atoms with Gasteiger partial charge in [-0.15, -0.1) is 60.1 Å². The Morgan fingerprint density at radius 2 is 0.373 bits per heavy atom. The molecule has 216 valence electrons. The minimum atomic E-state index is -0.150. The van der Waals surface area contributed by atoms with E-state index in [1.807, 2.05) is 0 Å². The number of benzene rings is 7. The lowest BCUT2D eigenvalue weighted by Gasteiger charge is -2.32. The molecule has 7 aromatic carbocycles. The summed E-state index contributed by atoms with van der Waals surface area (Å²) in [5, 5.41) is 0.662. The highest BCUT2D eigenvalue weighted by molar-refractivity contribution is 6.76. The van der Waals surface area contributed by atoms with Crippen molar-refractivity contribution in [1.29, 1.82) is 0 Å². The van der Waals surface area contributed by atoms with Crippen molar-refractivity contribution in [2.75, 3.05) is 0 Å². The van der Waals surface area contributed by atoms with E-state index in [4.69, 9.17) is 177 Å². The van der Waals surface area contributed by atoms with Crippen LogP contribution in [0.4, 0.5) is 0 Å². The van der Waals surface area contributed by atoms with Crippen molar-refractivity contribution in [3.05, 3.63) is 0 Å². The lowest BCUT2D eigenvalue weighted by atomic mass is 9.56. The molecule has 8 rings (SSSR count). The Morgan fingerprint density at radius 3 is 0.729 bits per heavy atom. The molecule has 0 saturated carbocycles. The molecular formula is C36B22O. The first-order chi connectivity index (χ1) is 27.5. The average Bonchev–Trinajstić information content (AvgIpc) is 3.62. The van der Waals surface area contributed by atoms with Gasteiger partial charge < -0.3 is 4.42 Å². The second-order valence-electron chi connectivity index (χ2n) is 14.4. The topological polar surface area (TPSA) is 13.1 Å². The van der Waals surface area contributed by atoms with Crippen molar-refractivity contribution < 1.29 is 4.42 Å². The Kier molecular flexibility index (Phi) is 10.1. The summed E-state index contributed by atoms with van der Waals surface area (Å²) in [5.41, 5.74) is -2.22. The predicted octanol–water partition coefficient (Wildman–Crippen LogP) is -16.2. The Morgan fingerprint density at radius 1 is 0.153 bits per heavy atom. The Bertz CT molecular complexity index is 3240. The largest absolute Gasteiger partial charge is 0.456 e. The average molecular weight is 686 g/mol. The van der Waals surface area contributed by atoms with Crippen molar-refractivity contribution in [3.8, 4) is 22.3 Å². The molecule has 59 heavy (non-hydrogen) atoms. The van der Waals surface area contributed by atoms with Gasteiger partial charge in [-0.3, -0.25) is 0 Å². The van der Waals surface area contributed by atoms with Crippen LogP contribution in [0, 0.1) is 0 Å². The highest BCUT2D eigenvalue weighted by Gasteiger charge is 2.31. The first kappa shape index (κ1) is 42.2. The van der Waals surface area contributed by atoms with E-state index in [1.165, 1.54) is 0 Å². The summed E-state index contributed by atoms with van der Waals surface area (Å²) in [6, 6.07) is 0. The first-order valence-electron chi connectivity index (χ1n) is 17.3. The van der Waals surface area contributed by atoms with Gasteiger partial charge in [0.15, 0.2) is 0 Å². The van der Waals surface area contributed by atoms with E-state index < -0.39 is 0 Å². The fraction of sp³-hybridized carbons (Fsp3) is 0. The van der Waals surface area contributed by atoms with Gasteiger partial charge in [0, 0.05) is 16.2 Å². The van der Waals surface area contributed by atoms with Gasteiger partial charge in [-0.2, -0.15) is 0 Å². The van der Waals surface area contributed by atoms with Crippen molar-refractivity contribution in [3.63, 3.8) is 0 Å². The Balaban J connectivity index is 1.85. The standard InChI is InChI=1S/C36B22O/c37-13-3(8-10(21(45)30(54)27(51)18(8)42)35-11(13)12-22(46)31(55)33(57)34(58)36(12)59-35)1-4-6(16(40)25(49)23(47)14(4)38)2(7-5(1)15(39)24(48)26(50)17(7)41)9-19(43)28(52)32(56)29(53)20(9)44. The summed E-state index contributed by atoms with van der Waals surface area (Å²) in [4.78, 5) is 0. The van der Waals surface area contributed by atoms with E-state index in [-0.39, 0.29) is 197 Å². The highest BCUT2D eigenvalue weighted by Crippen LogP contribution is 2.43. The maximum Gasteiger partial charge on any atom is 0.141 e. The van der Waals surface area contributed by atoms with Crippen LogP contribution in [0.5, 0.6) is 0 Å². The molecule has 23 heteroatoms. The van der Waals surface area contributed by atoms with Crippen LogP contribution >= 0.6 is 0 Å². The van der Waals surface area contributed by atoms with E-state index in [2.05, 4.69) is 0 Å². The van der Waals surface area contributed by atoms with Crippen LogP contribution in [0.15, 0.2) is 4.42 Å². The number of rotatable bonds is 2. The molecule has 0 aliphatic carbocycles. The number of hydrogen-bond acceptors (Lipinski definition) is 1. The molecule has 0 atom stereocenters. The molecule has 0 N–H and O–H groups in total. The normalized spacial score (nSPS) is 11.9. The monoisotopic (exact) mass is 690 g/mol. The van der Waals surface area contributed by atoms with E-state index >= 15 is 0 Å². The predicted molar refractivity (Wildman–Crippen MR) is 276 cm³/mol.